The van der Waals surface area contributed by atoms with Crippen molar-refractivity contribution < 1.29 is 31.0 Å². The van der Waals surface area contributed by atoms with E-state index in [4.69, 9.17) is 9.47 Å². The number of benzene rings is 2. The highest BCUT2D eigenvalue weighted by Gasteiger charge is 2.26. The van der Waals surface area contributed by atoms with Gasteiger partial charge < -0.3 is 26.5 Å². The molecule has 2 aliphatic heterocycles. The summed E-state index contributed by atoms with van der Waals surface area (Å²) in [6.45, 7) is 11.3. The Morgan fingerprint density at radius 1 is 1.00 bits per heavy atom. The van der Waals surface area contributed by atoms with Crippen LogP contribution >= 0.6 is 0 Å². The summed E-state index contributed by atoms with van der Waals surface area (Å²) in [5, 5.41) is 0. The molecule has 3 nitrogen and oxygen atoms in total. The smallest absolute Gasteiger partial charge is 0.231 e. The topological polar surface area (TPSA) is 21.5 Å². The van der Waals surface area contributed by atoms with Crippen LogP contribution in [0.5, 0.6) is 11.5 Å². The molecule has 0 unspecified atom stereocenters. The van der Waals surface area contributed by atoms with Gasteiger partial charge in [-0.2, -0.15) is 0 Å². The summed E-state index contributed by atoms with van der Waals surface area (Å²) in [6.07, 6.45) is 1.05. The van der Waals surface area contributed by atoms with Gasteiger partial charge in [0.25, 0.3) is 0 Å². The van der Waals surface area contributed by atoms with Gasteiger partial charge >= 0.3 is 0 Å². The average molecular weight is 416 g/mol. The number of ether oxygens (including phenoxy) is 2. The van der Waals surface area contributed by atoms with Crippen molar-refractivity contribution in [1.82, 2.24) is 0 Å². The number of halogens is 1. The van der Waals surface area contributed by atoms with Crippen LogP contribution in [0.2, 0.25) is 0 Å². The molecule has 26 heavy (non-hydrogen) atoms. The zero-order chi connectivity index (χ0) is 17.6. The Morgan fingerprint density at radius 2 is 1.65 bits per heavy atom. The highest BCUT2D eigenvalue weighted by atomic mass is 79.9. The Labute approximate surface area is 166 Å². The van der Waals surface area contributed by atoms with Crippen LogP contribution in [0.15, 0.2) is 36.4 Å². The van der Waals surface area contributed by atoms with Crippen LogP contribution in [-0.2, 0) is 18.4 Å². The third-order valence-corrected chi connectivity index (χ3v) is 5.31. The molecule has 0 spiro atoms. The SMILES string of the molecule is CC1=[N+](Cc2ccc(C(C)(C)C)cc2)CCc2cc3c(cc21)OCO3.[Br-]. The molecule has 2 aliphatic rings. The van der Waals surface area contributed by atoms with Crippen molar-refractivity contribution >= 4 is 5.71 Å². The van der Waals surface area contributed by atoms with Gasteiger partial charge in [-0.3, -0.25) is 0 Å². The molecule has 0 aliphatic carbocycles. The van der Waals surface area contributed by atoms with Gasteiger partial charge in [0.2, 0.25) is 6.79 Å². The van der Waals surface area contributed by atoms with Crippen LogP contribution in [0.1, 0.15) is 49.9 Å². The van der Waals surface area contributed by atoms with Gasteiger partial charge in [-0.05, 0) is 28.7 Å². The molecule has 0 fully saturated rings. The Kier molecular flexibility index (Phi) is 5.16. The van der Waals surface area contributed by atoms with E-state index in [1.54, 1.807) is 0 Å². The van der Waals surface area contributed by atoms with Gasteiger partial charge in [0.15, 0.2) is 23.8 Å². The summed E-state index contributed by atoms with van der Waals surface area (Å²) < 4.78 is 13.5. The maximum absolute atomic E-state index is 5.56. The summed E-state index contributed by atoms with van der Waals surface area (Å²) in [6, 6.07) is 13.4. The lowest BCUT2D eigenvalue weighted by molar-refractivity contribution is -0.545. The first-order valence-corrected chi connectivity index (χ1v) is 9.02. The Balaban J connectivity index is 0.00000196. The van der Waals surface area contributed by atoms with Crippen molar-refractivity contribution in [2.45, 2.75) is 46.1 Å². The number of fused-ring (bicyclic) bond motifs is 2. The number of hydrogen-bond acceptors (Lipinski definition) is 2. The van der Waals surface area contributed by atoms with Crippen molar-refractivity contribution in [3.63, 3.8) is 0 Å². The van der Waals surface area contributed by atoms with Gasteiger partial charge in [-0.1, -0.05) is 45.0 Å². The highest BCUT2D eigenvalue weighted by Crippen LogP contribution is 2.36. The maximum Gasteiger partial charge on any atom is 0.231 e. The molecule has 2 aromatic carbocycles. The molecule has 0 radical (unpaired) electrons. The number of hydrogen-bond donors (Lipinski definition) is 0. The van der Waals surface area contributed by atoms with E-state index in [0.717, 1.165) is 31.0 Å². The van der Waals surface area contributed by atoms with Gasteiger partial charge in [0, 0.05) is 24.5 Å². The molecule has 0 bridgehead atoms. The number of rotatable bonds is 2. The van der Waals surface area contributed by atoms with Crippen molar-refractivity contribution in [3.8, 4) is 11.5 Å². The fourth-order valence-electron chi connectivity index (χ4n) is 3.65. The lowest BCUT2D eigenvalue weighted by Crippen LogP contribution is -3.00. The first-order chi connectivity index (χ1) is 11.9. The second kappa shape index (κ2) is 7.07. The summed E-state index contributed by atoms with van der Waals surface area (Å²) in [5.41, 5.74) is 6.92. The Morgan fingerprint density at radius 3 is 2.31 bits per heavy atom. The number of nitrogens with zero attached hydrogens (tertiary/aromatic N) is 1. The van der Waals surface area contributed by atoms with E-state index >= 15 is 0 Å². The summed E-state index contributed by atoms with van der Waals surface area (Å²) in [4.78, 5) is 0. The van der Waals surface area contributed by atoms with E-state index < -0.39 is 0 Å². The third-order valence-electron chi connectivity index (χ3n) is 5.31. The molecule has 2 aromatic rings. The quantitative estimate of drug-likeness (QED) is 0.689. The van der Waals surface area contributed by atoms with Crippen molar-refractivity contribution in [3.05, 3.63) is 58.7 Å². The minimum Gasteiger partial charge on any atom is -1.00 e. The summed E-state index contributed by atoms with van der Waals surface area (Å²) in [5.74, 6) is 1.76. The Hall–Kier alpha value is -1.81. The Bertz CT molecular complexity index is 848. The van der Waals surface area contributed by atoms with Crippen LogP contribution < -0.4 is 26.5 Å². The summed E-state index contributed by atoms with van der Waals surface area (Å²) in [7, 11) is 0. The largest absolute Gasteiger partial charge is 1.00 e. The van der Waals surface area contributed by atoms with E-state index in [0.29, 0.717) is 6.79 Å². The minimum atomic E-state index is 0. The lowest BCUT2D eigenvalue weighted by atomic mass is 9.86. The second-order valence-corrected chi connectivity index (χ2v) is 8.07. The van der Waals surface area contributed by atoms with Crippen LogP contribution in [-0.4, -0.2) is 23.6 Å². The van der Waals surface area contributed by atoms with Gasteiger partial charge in [-0.25, -0.2) is 4.58 Å². The molecular weight excluding hydrogens is 390 g/mol. The molecule has 0 aromatic heterocycles. The first kappa shape index (κ1) is 19.0. The van der Waals surface area contributed by atoms with E-state index in [2.05, 4.69) is 68.7 Å². The first-order valence-electron chi connectivity index (χ1n) is 9.02. The molecule has 0 N–H and O–H groups in total. The van der Waals surface area contributed by atoms with Crippen LogP contribution in [0.25, 0.3) is 0 Å². The minimum absolute atomic E-state index is 0. The maximum atomic E-state index is 5.56. The van der Waals surface area contributed by atoms with E-state index in [-0.39, 0.29) is 22.4 Å². The van der Waals surface area contributed by atoms with Crippen molar-refractivity contribution in [2.75, 3.05) is 13.3 Å². The van der Waals surface area contributed by atoms with Crippen molar-refractivity contribution in [2.24, 2.45) is 0 Å². The van der Waals surface area contributed by atoms with Gasteiger partial charge in [0.1, 0.15) is 6.54 Å². The molecule has 4 rings (SSSR count). The molecule has 138 valence electrons. The van der Waals surface area contributed by atoms with E-state index in [9.17, 15) is 0 Å². The standard InChI is InChI=1S/C22H26NO2.BrH/c1-15-19-12-21-20(24-14-25-21)11-17(19)9-10-23(15)13-16-5-7-18(8-6-16)22(2,3)4;/h5-8,11-12H,9-10,13-14H2,1-4H3;1H/q+1;/p-1. The van der Waals surface area contributed by atoms with E-state index in [1.165, 1.54) is 28.0 Å². The zero-order valence-electron chi connectivity index (χ0n) is 15.9. The van der Waals surface area contributed by atoms with E-state index in [1.807, 2.05) is 0 Å². The molecular formula is C22H26BrNO2. The summed E-state index contributed by atoms with van der Waals surface area (Å²) >= 11 is 0. The molecule has 0 saturated carbocycles. The van der Waals surface area contributed by atoms with Crippen LogP contribution in [0.3, 0.4) is 0 Å². The third kappa shape index (κ3) is 3.52. The lowest BCUT2D eigenvalue weighted by Gasteiger charge is -2.20. The second-order valence-electron chi connectivity index (χ2n) is 8.07. The fraction of sp³-hybridized carbons (Fsp3) is 0.409. The van der Waals surface area contributed by atoms with Crippen molar-refractivity contribution in [1.29, 1.82) is 0 Å². The monoisotopic (exact) mass is 415 g/mol. The molecule has 2 heterocycles. The molecule has 0 saturated heterocycles. The highest BCUT2D eigenvalue weighted by molar-refractivity contribution is 5.97. The zero-order valence-corrected chi connectivity index (χ0v) is 17.5. The average Bonchev–Trinajstić information content (AvgIpc) is 3.03. The van der Waals surface area contributed by atoms with Crippen LogP contribution in [0.4, 0.5) is 0 Å². The molecule has 0 atom stereocenters. The van der Waals surface area contributed by atoms with Crippen LogP contribution in [0, 0.1) is 0 Å². The predicted octanol–water partition coefficient (Wildman–Crippen LogP) is 1.29. The van der Waals surface area contributed by atoms with Gasteiger partial charge in [0.05, 0.1) is 0 Å². The molecule has 0 amide bonds. The predicted molar refractivity (Wildman–Crippen MR) is 100 cm³/mol. The van der Waals surface area contributed by atoms with Gasteiger partial charge in [-0.15, -0.1) is 0 Å². The fourth-order valence-corrected chi connectivity index (χ4v) is 3.65. The molecule has 4 heteroatoms. The normalized spacial score (nSPS) is 15.5.